The van der Waals surface area contributed by atoms with Crippen LogP contribution >= 0.6 is 0 Å². The number of hydrogen-bond donors (Lipinski definition) is 2. The number of methoxy groups -OCH3 is 2. The maximum Gasteiger partial charge on any atom is 0.338 e. The van der Waals surface area contributed by atoms with Gasteiger partial charge in [-0.3, -0.25) is 4.79 Å². The summed E-state index contributed by atoms with van der Waals surface area (Å²) in [6.45, 7) is 1.91. The lowest BCUT2D eigenvalue weighted by atomic mass is 10.1. The molecule has 0 aromatic heterocycles. The van der Waals surface area contributed by atoms with Crippen LogP contribution in [0.2, 0.25) is 0 Å². The summed E-state index contributed by atoms with van der Waals surface area (Å²) in [6.07, 6.45) is 0.460. The highest BCUT2D eigenvalue weighted by Gasteiger charge is 2.14. The predicted octanol–water partition coefficient (Wildman–Crippen LogP) is 3.42. The molecule has 10 nitrogen and oxygen atoms in total. The second-order valence-corrected chi connectivity index (χ2v) is 9.71. The molecule has 3 aromatic carbocycles. The number of rotatable bonds is 13. The Hall–Kier alpha value is -4.09. The van der Waals surface area contributed by atoms with E-state index in [9.17, 15) is 18.0 Å². The summed E-state index contributed by atoms with van der Waals surface area (Å²) in [5.74, 6) is 0.655. The molecule has 0 aliphatic rings. The van der Waals surface area contributed by atoms with Gasteiger partial charge in [0.1, 0.15) is 5.75 Å². The Morgan fingerprint density at radius 1 is 0.868 bits per heavy atom. The van der Waals surface area contributed by atoms with Gasteiger partial charge >= 0.3 is 5.97 Å². The lowest BCUT2D eigenvalue weighted by Gasteiger charge is -2.11. The molecule has 0 radical (unpaired) electrons. The molecule has 11 heteroatoms. The zero-order valence-corrected chi connectivity index (χ0v) is 22.2. The first-order chi connectivity index (χ1) is 18.2. The van der Waals surface area contributed by atoms with Crippen molar-refractivity contribution in [1.29, 1.82) is 0 Å². The number of sulfonamides is 1. The Bertz CT molecular complexity index is 1340. The van der Waals surface area contributed by atoms with Gasteiger partial charge in [0.05, 0.1) is 31.3 Å². The zero-order valence-electron chi connectivity index (χ0n) is 21.4. The topological polar surface area (TPSA) is 129 Å². The van der Waals surface area contributed by atoms with Gasteiger partial charge in [0.25, 0.3) is 5.91 Å². The van der Waals surface area contributed by atoms with Gasteiger partial charge in [0, 0.05) is 12.2 Å². The van der Waals surface area contributed by atoms with Crippen molar-refractivity contribution >= 4 is 27.6 Å². The minimum Gasteiger partial charge on any atom is -0.493 e. The second kappa shape index (κ2) is 13.5. The molecule has 0 saturated heterocycles. The molecular weight excluding hydrogens is 512 g/mol. The van der Waals surface area contributed by atoms with Gasteiger partial charge in [0.15, 0.2) is 18.1 Å². The van der Waals surface area contributed by atoms with Crippen LogP contribution in [0.15, 0.2) is 71.6 Å². The molecule has 202 valence electrons. The molecule has 1 amide bonds. The Balaban J connectivity index is 1.47. The van der Waals surface area contributed by atoms with Gasteiger partial charge in [-0.15, -0.1) is 0 Å². The van der Waals surface area contributed by atoms with Gasteiger partial charge in [-0.05, 0) is 79.6 Å². The van der Waals surface area contributed by atoms with Crippen LogP contribution in [0.3, 0.4) is 0 Å². The van der Waals surface area contributed by atoms with Crippen molar-refractivity contribution in [3.8, 4) is 17.2 Å². The highest BCUT2D eigenvalue weighted by molar-refractivity contribution is 7.89. The van der Waals surface area contributed by atoms with Gasteiger partial charge in [-0.1, -0.05) is 6.07 Å². The minimum absolute atomic E-state index is 0.0725. The molecule has 0 aliphatic carbocycles. The van der Waals surface area contributed by atoms with Crippen LogP contribution in [0.1, 0.15) is 22.8 Å². The maximum atomic E-state index is 12.6. The van der Waals surface area contributed by atoms with E-state index < -0.39 is 21.9 Å². The molecule has 0 bridgehead atoms. The molecule has 0 spiro atoms. The van der Waals surface area contributed by atoms with E-state index in [0.717, 1.165) is 5.56 Å². The van der Waals surface area contributed by atoms with E-state index in [-0.39, 0.29) is 24.7 Å². The van der Waals surface area contributed by atoms with Crippen molar-refractivity contribution in [1.82, 2.24) is 4.72 Å². The molecule has 0 heterocycles. The molecule has 0 unspecified atom stereocenters. The average Bonchev–Trinajstić information content (AvgIpc) is 2.92. The monoisotopic (exact) mass is 542 g/mol. The summed E-state index contributed by atoms with van der Waals surface area (Å²) in [5, 5.41) is 2.66. The second-order valence-electron chi connectivity index (χ2n) is 7.94. The Kier molecular flexibility index (Phi) is 10.1. The summed E-state index contributed by atoms with van der Waals surface area (Å²) in [6, 6.07) is 17.4. The van der Waals surface area contributed by atoms with Gasteiger partial charge in [0.2, 0.25) is 10.0 Å². The van der Waals surface area contributed by atoms with Crippen molar-refractivity contribution in [2.24, 2.45) is 0 Å². The molecule has 2 N–H and O–H groups in total. The summed E-state index contributed by atoms with van der Waals surface area (Å²) < 4.78 is 48.7. The number of hydrogen-bond acceptors (Lipinski definition) is 8. The first-order valence-electron chi connectivity index (χ1n) is 11.8. The van der Waals surface area contributed by atoms with Crippen LogP contribution in [0, 0.1) is 0 Å². The van der Waals surface area contributed by atoms with Gasteiger partial charge < -0.3 is 24.3 Å². The van der Waals surface area contributed by atoms with E-state index in [2.05, 4.69) is 10.0 Å². The van der Waals surface area contributed by atoms with Crippen LogP contribution in [0.4, 0.5) is 5.69 Å². The molecular formula is C27H30N2O8S. The standard InChI is InChI=1S/C27H30N2O8S/c1-4-36-27(31)20-6-8-21(9-7-20)29-26(30)18-37-22-10-12-23(13-11-22)38(32,33)28-16-15-19-5-14-24(34-2)25(17-19)35-3/h5-14,17,28H,4,15-16,18H2,1-3H3,(H,29,30). The van der Waals surface area contributed by atoms with Crippen LogP contribution in [-0.4, -0.2) is 54.3 Å². The van der Waals surface area contributed by atoms with E-state index >= 15 is 0 Å². The summed E-state index contributed by atoms with van der Waals surface area (Å²) >= 11 is 0. The summed E-state index contributed by atoms with van der Waals surface area (Å²) in [7, 11) is -0.648. The lowest BCUT2D eigenvalue weighted by Crippen LogP contribution is -2.26. The number of esters is 1. The third kappa shape index (κ3) is 7.95. The molecule has 38 heavy (non-hydrogen) atoms. The quantitative estimate of drug-likeness (QED) is 0.315. The summed E-state index contributed by atoms with van der Waals surface area (Å²) in [5.41, 5.74) is 1.76. The molecule has 0 atom stereocenters. The average molecular weight is 543 g/mol. The largest absolute Gasteiger partial charge is 0.493 e. The van der Waals surface area contributed by atoms with Gasteiger partial charge in [-0.25, -0.2) is 17.9 Å². The van der Waals surface area contributed by atoms with Crippen LogP contribution in [0.5, 0.6) is 17.2 Å². The van der Waals surface area contributed by atoms with Crippen molar-refractivity contribution in [2.45, 2.75) is 18.2 Å². The first kappa shape index (κ1) is 28.5. The number of carbonyl (C=O) groups excluding carboxylic acids is 2. The molecule has 3 rings (SSSR count). The maximum absolute atomic E-state index is 12.6. The van der Waals surface area contributed by atoms with Crippen molar-refractivity contribution < 1.29 is 37.0 Å². The number of amides is 1. The van der Waals surface area contributed by atoms with Crippen molar-refractivity contribution in [3.63, 3.8) is 0 Å². The SMILES string of the molecule is CCOC(=O)c1ccc(NC(=O)COc2ccc(S(=O)(=O)NCCc3ccc(OC)c(OC)c3)cc2)cc1. The van der Waals surface area contributed by atoms with Crippen LogP contribution in [-0.2, 0) is 26.0 Å². The smallest absolute Gasteiger partial charge is 0.338 e. The third-order valence-corrected chi connectivity index (χ3v) is 6.81. The number of nitrogens with one attached hydrogen (secondary N) is 2. The first-order valence-corrected chi connectivity index (χ1v) is 13.2. The van der Waals surface area contributed by atoms with E-state index in [1.807, 2.05) is 6.07 Å². The van der Waals surface area contributed by atoms with E-state index in [1.54, 1.807) is 50.4 Å². The van der Waals surface area contributed by atoms with Crippen LogP contribution < -0.4 is 24.2 Å². The van der Waals surface area contributed by atoms with E-state index in [4.69, 9.17) is 18.9 Å². The molecule has 3 aromatic rings. The van der Waals surface area contributed by atoms with Crippen molar-refractivity contribution in [3.05, 3.63) is 77.9 Å². The Labute approximate surface area is 221 Å². The normalized spacial score (nSPS) is 10.9. The van der Waals surface area contributed by atoms with Crippen LogP contribution in [0.25, 0.3) is 0 Å². The Morgan fingerprint density at radius 3 is 2.18 bits per heavy atom. The highest BCUT2D eigenvalue weighted by Crippen LogP contribution is 2.27. The zero-order chi connectivity index (χ0) is 27.5. The fourth-order valence-corrected chi connectivity index (χ4v) is 4.45. The molecule has 0 aliphatic heterocycles. The number of ether oxygens (including phenoxy) is 4. The molecule has 0 fully saturated rings. The van der Waals surface area contributed by atoms with E-state index in [0.29, 0.717) is 34.9 Å². The Morgan fingerprint density at radius 2 is 1.55 bits per heavy atom. The molecule has 0 saturated carbocycles. The fourth-order valence-electron chi connectivity index (χ4n) is 3.41. The lowest BCUT2D eigenvalue weighted by molar-refractivity contribution is -0.118. The van der Waals surface area contributed by atoms with E-state index in [1.165, 1.54) is 31.4 Å². The van der Waals surface area contributed by atoms with Crippen molar-refractivity contribution in [2.75, 3.05) is 39.3 Å². The summed E-state index contributed by atoms with van der Waals surface area (Å²) in [4.78, 5) is 24.0. The number of carbonyl (C=O) groups is 2. The van der Waals surface area contributed by atoms with Gasteiger partial charge in [-0.2, -0.15) is 0 Å². The number of benzene rings is 3. The highest BCUT2D eigenvalue weighted by atomic mass is 32.2. The third-order valence-electron chi connectivity index (χ3n) is 5.34. The number of anilines is 1. The fraction of sp³-hybridized carbons (Fsp3) is 0.259. The minimum atomic E-state index is -3.73. The predicted molar refractivity (Wildman–Crippen MR) is 141 cm³/mol.